The molecule has 0 fully saturated rings. The maximum atomic E-state index is 10.9. The van der Waals surface area contributed by atoms with Gasteiger partial charge in [0.15, 0.2) is 0 Å². The van der Waals surface area contributed by atoms with Gasteiger partial charge in [-0.2, -0.15) is 0 Å². The topological polar surface area (TPSA) is 85.9 Å². The number of carbonyl (C=O) groups excluding carboxylic acids is 2. The Morgan fingerprint density at radius 3 is 1.58 bits per heavy atom. The van der Waals surface area contributed by atoms with E-state index in [4.69, 9.17) is 14.2 Å². The van der Waals surface area contributed by atoms with Gasteiger partial charge in [0.2, 0.25) is 11.8 Å². The molecule has 0 rings (SSSR count). The number of rotatable bonds is 17. The Labute approximate surface area is 144 Å². The van der Waals surface area contributed by atoms with Gasteiger partial charge in [0.05, 0.1) is 26.4 Å². The van der Waals surface area contributed by atoms with Crippen LogP contribution in [0.25, 0.3) is 0 Å². The number of ether oxygens (including phenoxy) is 3. The van der Waals surface area contributed by atoms with E-state index in [0.717, 1.165) is 19.3 Å². The molecule has 0 aliphatic rings. The van der Waals surface area contributed by atoms with Gasteiger partial charge in [0.1, 0.15) is 0 Å². The first-order chi connectivity index (χ1) is 11.7. The summed E-state index contributed by atoms with van der Waals surface area (Å²) in [6.07, 6.45) is 5.04. The third-order valence-electron chi connectivity index (χ3n) is 2.89. The molecular weight excluding hydrogens is 312 g/mol. The molecule has 0 bridgehead atoms. The van der Waals surface area contributed by atoms with Crippen LogP contribution in [0.5, 0.6) is 0 Å². The molecule has 0 aliphatic heterocycles. The van der Waals surface area contributed by atoms with Crippen LogP contribution in [-0.2, 0) is 23.8 Å². The first kappa shape index (κ1) is 22.3. The third kappa shape index (κ3) is 16.7. The van der Waals surface area contributed by atoms with E-state index >= 15 is 0 Å². The Kier molecular flexibility index (Phi) is 16.4. The monoisotopic (exact) mass is 342 g/mol. The SMILES string of the molecule is C=CC(=O)NCCCCOCCOCCOCCCNC(=O)C=C. The van der Waals surface area contributed by atoms with E-state index in [-0.39, 0.29) is 11.8 Å². The summed E-state index contributed by atoms with van der Waals surface area (Å²) in [6.45, 7) is 11.3. The van der Waals surface area contributed by atoms with Gasteiger partial charge in [-0.3, -0.25) is 9.59 Å². The summed E-state index contributed by atoms with van der Waals surface area (Å²) < 4.78 is 16.1. The molecule has 24 heavy (non-hydrogen) atoms. The lowest BCUT2D eigenvalue weighted by atomic mass is 10.3. The molecule has 2 N–H and O–H groups in total. The van der Waals surface area contributed by atoms with Gasteiger partial charge in [-0.15, -0.1) is 0 Å². The minimum atomic E-state index is -0.167. The van der Waals surface area contributed by atoms with Gasteiger partial charge in [-0.1, -0.05) is 13.2 Å². The van der Waals surface area contributed by atoms with E-state index in [0.29, 0.717) is 52.7 Å². The number of hydrogen-bond donors (Lipinski definition) is 2. The number of nitrogens with one attached hydrogen (secondary N) is 2. The summed E-state index contributed by atoms with van der Waals surface area (Å²) in [5, 5.41) is 5.38. The van der Waals surface area contributed by atoms with E-state index in [1.165, 1.54) is 12.2 Å². The largest absolute Gasteiger partial charge is 0.379 e. The van der Waals surface area contributed by atoms with Crippen LogP contribution in [0.1, 0.15) is 19.3 Å². The summed E-state index contributed by atoms with van der Waals surface area (Å²) >= 11 is 0. The molecule has 0 atom stereocenters. The van der Waals surface area contributed by atoms with Crippen molar-refractivity contribution in [2.45, 2.75) is 19.3 Å². The maximum Gasteiger partial charge on any atom is 0.243 e. The number of unbranched alkanes of at least 4 members (excludes halogenated alkanes) is 1. The standard InChI is InChI=1S/C17H30N2O5/c1-3-16(20)18-8-5-6-10-22-12-14-24-15-13-23-11-7-9-19-17(21)4-2/h3-4H,1-2,5-15H2,(H,18,20)(H,19,21). The van der Waals surface area contributed by atoms with Crippen molar-refractivity contribution in [1.29, 1.82) is 0 Å². The molecule has 0 spiro atoms. The maximum absolute atomic E-state index is 10.9. The molecule has 0 heterocycles. The number of carbonyl (C=O) groups is 2. The van der Waals surface area contributed by atoms with Crippen molar-refractivity contribution in [3.8, 4) is 0 Å². The normalized spacial score (nSPS) is 10.2. The van der Waals surface area contributed by atoms with E-state index in [1.807, 2.05) is 0 Å². The summed E-state index contributed by atoms with van der Waals surface area (Å²) in [5.41, 5.74) is 0. The van der Waals surface area contributed by atoms with Crippen molar-refractivity contribution in [3.63, 3.8) is 0 Å². The highest BCUT2D eigenvalue weighted by atomic mass is 16.5. The highest BCUT2D eigenvalue weighted by Crippen LogP contribution is 1.90. The minimum absolute atomic E-state index is 0.145. The smallest absolute Gasteiger partial charge is 0.243 e. The average Bonchev–Trinajstić information content (AvgIpc) is 2.60. The highest BCUT2D eigenvalue weighted by molar-refractivity contribution is 5.87. The molecule has 0 radical (unpaired) electrons. The van der Waals surface area contributed by atoms with Gasteiger partial charge in [-0.25, -0.2) is 0 Å². The lowest BCUT2D eigenvalue weighted by molar-refractivity contribution is -0.117. The lowest BCUT2D eigenvalue weighted by Gasteiger charge is -2.07. The van der Waals surface area contributed by atoms with E-state index in [9.17, 15) is 9.59 Å². The van der Waals surface area contributed by atoms with Gasteiger partial charge >= 0.3 is 0 Å². The van der Waals surface area contributed by atoms with E-state index in [1.54, 1.807) is 0 Å². The Balaban J connectivity index is 3.07. The van der Waals surface area contributed by atoms with Crippen LogP contribution in [-0.4, -0.2) is 64.5 Å². The molecule has 0 unspecified atom stereocenters. The van der Waals surface area contributed by atoms with Crippen LogP contribution in [0.15, 0.2) is 25.3 Å². The van der Waals surface area contributed by atoms with Crippen molar-refractivity contribution in [1.82, 2.24) is 10.6 Å². The van der Waals surface area contributed by atoms with Crippen molar-refractivity contribution >= 4 is 11.8 Å². The summed E-state index contributed by atoms with van der Waals surface area (Å²) in [6, 6.07) is 0. The van der Waals surface area contributed by atoms with Crippen LogP contribution in [0, 0.1) is 0 Å². The predicted octanol–water partition coefficient (Wildman–Crippen LogP) is 0.811. The molecular formula is C17H30N2O5. The zero-order valence-electron chi connectivity index (χ0n) is 14.4. The summed E-state index contributed by atoms with van der Waals surface area (Å²) in [7, 11) is 0. The average molecular weight is 342 g/mol. The van der Waals surface area contributed by atoms with Crippen LogP contribution >= 0.6 is 0 Å². The second kappa shape index (κ2) is 17.7. The molecule has 7 heteroatoms. The molecule has 0 saturated carbocycles. The second-order valence-corrected chi connectivity index (χ2v) is 4.89. The van der Waals surface area contributed by atoms with E-state index < -0.39 is 0 Å². The molecule has 138 valence electrons. The first-order valence-corrected chi connectivity index (χ1v) is 8.24. The zero-order chi connectivity index (χ0) is 17.9. The minimum Gasteiger partial charge on any atom is -0.379 e. The summed E-state index contributed by atoms with van der Waals surface area (Å²) in [5.74, 6) is -0.312. The fraction of sp³-hybridized carbons (Fsp3) is 0.647. The third-order valence-corrected chi connectivity index (χ3v) is 2.89. The van der Waals surface area contributed by atoms with Crippen LogP contribution < -0.4 is 10.6 Å². The molecule has 0 saturated heterocycles. The fourth-order valence-electron chi connectivity index (χ4n) is 1.61. The molecule has 0 aromatic rings. The number of amides is 2. The van der Waals surface area contributed by atoms with Crippen molar-refractivity contribution in [3.05, 3.63) is 25.3 Å². The molecule has 0 aromatic heterocycles. The Morgan fingerprint density at radius 2 is 1.08 bits per heavy atom. The predicted molar refractivity (Wildman–Crippen MR) is 92.7 cm³/mol. The summed E-state index contributed by atoms with van der Waals surface area (Å²) in [4.78, 5) is 21.7. The Hall–Kier alpha value is -1.70. The number of hydrogen-bond acceptors (Lipinski definition) is 5. The fourth-order valence-corrected chi connectivity index (χ4v) is 1.61. The first-order valence-electron chi connectivity index (χ1n) is 8.24. The zero-order valence-corrected chi connectivity index (χ0v) is 14.4. The van der Waals surface area contributed by atoms with Crippen LogP contribution in [0.4, 0.5) is 0 Å². The quantitative estimate of drug-likeness (QED) is 0.302. The molecule has 0 aromatic carbocycles. The molecule has 0 aliphatic carbocycles. The second-order valence-electron chi connectivity index (χ2n) is 4.89. The molecule has 2 amide bonds. The van der Waals surface area contributed by atoms with Gasteiger partial charge < -0.3 is 24.8 Å². The van der Waals surface area contributed by atoms with E-state index in [2.05, 4.69) is 23.8 Å². The van der Waals surface area contributed by atoms with Gasteiger partial charge in [0, 0.05) is 26.3 Å². The lowest BCUT2D eigenvalue weighted by Crippen LogP contribution is -2.23. The Morgan fingerprint density at radius 1 is 0.667 bits per heavy atom. The highest BCUT2D eigenvalue weighted by Gasteiger charge is 1.95. The molecule has 7 nitrogen and oxygen atoms in total. The Bertz CT molecular complexity index is 327. The van der Waals surface area contributed by atoms with Gasteiger partial charge in [0.25, 0.3) is 0 Å². The van der Waals surface area contributed by atoms with Crippen LogP contribution in [0.2, 0.25) is 0 Å². The van der Waals surface area contributed by atoms with Crippen LogP contribution in [0.3, 0.4) is 0 Å². The van der Waals surface area contributed by atoms with Crippen molar-refractivity contribution < 1.29 is 23.8 Å². The van der Waals surface area contributed by atoms with Gasteiger partial charge in [-0.05, 0) is 31.4 Å². The van der Waals surface area contributed by atoms with Crippen molar-refractivity contribution in [2.24, 2.45) is 0 Å². The van der Waals surface area contributed by atoms with Crippen molar-refractivity contribution in [2.75, 3.05) is 52.7 Å².